The average molecular weight is 258 g/mol. The van der Waals surface area contributed by atoms with Crippen LogP contribution in [0.1, 0.15) is 32.8 Å². The second kappa shape index (κ2) is 5.83. The average Bonchev–Trinajstić information content (AvgIpc) is 2.22. The van der Waals surface area contributed by atoms with Gasteiger partial charge in [-0.1, -0.05) is 31.5 Å². The molecule has 0 bridgehead atoms. The molecule has 1 rings (SSSR count). The molecule has 17 heavy (non-hydrogen) atoms. The van der Waals surface area contributed by atoms with Crippen LogP contribution >= 0.6 is 11.6 Å². The van der Waals surface area contributed by atoms with Gasteiger partial charge in [-0.3, -0.25) is 0 Å². The molecule has 0 aliphatic heterocycles. The van der Waals surface area contributed by atoms with Crippen LogP contribution in [0.5, 0.6) is 0 Å². The third kappa shape index (κ3) is 4.64. The van der Waals surface area contributed by atoms with Gasteiger partial charge in [0.15, 0.2) is 0 Å². The molecule has 96 valence electrons. The molecule has 0 saturated heterocycles. The first kappa shape index (κ1) is 14.5. The van der Waals surface area contributed by atoms with Crippen molar-refractivity contribution >= 4 is 11.6 Å². The van der Waals surface area contributed by atoms with Gasteiger partial charge in [-0.05, 0) is 49.9 Å². The topological polar surface area (TPSA) is 12.0 Å². The van der Waals surface area contributed by atoms with E-state index in [0.717, 1.165) is 18.4 Å². The number of nitrogens with one attached hydrogen (secondary N) is 1. The van der Waals surface area contributed by atoms with Crippen molar-refractivity contribution < 1.29 is 4.39 Å². The lowest BCUT2D eigenvalue weighted by Gasteiger charge is -2.28. The Bertz CT molecular complexity index is 376. The number of halogens is 2. The first-order valence-corrected chi connectivity index (χ1v) is 6.33. The van der Waals surface area contributed by atoms with Gasteiger partial charge < -0.3 is 5.32 Å². The van der Waals surface area contributed by atoms with Gasteiger partial charge in [-0.2, -0.15) is 0 Å². The van der Waals surface area contributed by atoms with Gasteiger partial charge in [-0.15, -0.1) is 0 Å². The Morgan fingerprint density at radius 3 is 2.59 bits per heavy atom. The van der Waals surface area contributed by atoms with Crippen molar-refractivity contribution in [2.24, 2.45) is 5.41 Å². The van der Waals surface area contributed by atoms with Crippen LogP contribution in [0.4, 0.5) is 4.39 Å². The highest BCUT2D eigenvalue weighted by Gasteiger charge is 2.21. The van der Waals surface area contributed by atoms with Gasteiger partial charge >= 0.3 is 0 Å². The van der Waals surface area contributed by atoms with E-state index < -0.39 is 0 Å². The van der Waals surface area contributed by atoms with E-state index in [2.05, 4.69) is 26.1 Å². The van der Waals surface area contributed by atoms with Crippen LogP contribution < -0.4 is 5.32 Å². The predicted molar refractivity (Wildman–Crippen MR) is 72.0 cm³/mol. The highest BCUT2D eigenvalue weighted by atomic mass is 35.5. The lowest BCUT2D eigenvalue weighted by Crippen LogP contribution is -2.29. The van der Waals surface area contributed by atoms with Crippen LogP contribution in [-0.4, -0.2) is 13.1 Å². The maximum Gasteiger partial charge on any atom is 0.141 e. The molecular weight excluding hydrogens is 237 g/mol. The first-order chi connectivity index (χ1) is 7.84. The standard InChI is InChI=1S/C14H21ClFN/c1-10(17-4)8-14(2,3)9-11-5-6-13(16)12(15)7-11/h5-7,10,17H,8-9H2,1-4H3. The van der Waals surface area contributed by atoms with E-state index in [1.807, 2.05) is 13.1 Å². The lowest BCUT2D eigenvalue weighted by molar-refractivity contribution is 0.293. The Morgan fingerprint density at radius 1 is 1.41 bits per heavy atom. The molecule has 0 aliphatic carbocycles. The normalized spacial score (nSPS) is 13.8. The van der Waals surface area contributed by atoms with Gasteiger partial charge in [0, 0.05) is 6.04 Å². The summed E-state index contributed by atoms with van der Waals surface area (Å²) >= 11 is 5.79. The molecule has 1 aromatic carbocycles. The summed E-state index contributed by atoms with van der Waals surface area (Å²) in [5, 5.41) is 3.45. The van der Waals surface area contributed by atoms with Gasteiger partial charge in [0.2, 0.25) is 0 Å². The molecule has 0 aliphatic rings. The molecule has 3 heteroatoms. The van der Waals surface area contributed by atoms with Crippen LogP contribution in [0, 0.1) is 11.2 Å². The summed E-state index contributed by atoms with van der Waals surface area (Å²) in [4.78, 5) is 0. The molecular formula is C14H21ClFN. The fourth-order valence-electron chi connectivity index (χ4n) is 2.21. The molecule has 1 N–H and O–H groups in total. The second-order valence-electron chi connectivity index (χ2n) is 5.48. The highest BCUT2D eigenvalue weighted by molar-refractivity contribution is 6.30. The highest BCUT2D eigenvalue weighted by Crippen LogP contribution is 2.29. The van der Waals surface area contributed by atoms with Crippen LogP contribution in [0.3, 0.4) is 0 Å². The monoisotopic (exact) mass is 257 g/mol. The number of hydrogen-bond acceptors (Lipinski definition) is 1. The molecule has 0 heterocycles. The van der Waals surface area contributed by atoms with Crippen LogP contribution in [-0.2, 0) is 6.42 Å². The maximum absolute atomic E-state index is 13.1. The van der Waals surface area contributed by atoms with Crippen molar-refractivity contribution in [3.63, 3.8) is 0 Å². The Labute approximate surface area is 108 Å². The number of hydrogen-bond donors (Lipinski definition) is 1. The van der Waals surface area contributed by atoms with E-state index in [9.17, 15) is 4.39 Å². The van der Waals surface area contributed by atoms with Crippen LogP contribution in [0.2, 0.25) is 5.02 Å². The van der Waals surface area contributed by atoms with Crippen molar-refractivity contribution in [2.75, 3.05) is 7.05 Å². The van der Waals surface area contributed by atoms with Crippen LogP contribution in [0.15, 0.2) is 18.2 Å². The SMILES string of the molecule is CNC(C)CC(C)(C)Cc1ccc(F)c(Cl)c1. The van der Waals surface area contributed by atoms with Gasteiger partial charge in [-0.25, -0.2) is 4.39 Å². The maximum atomic E-state index is 13.1. The van der Waals surface area contributed by atoms with Crippen molar-refractivity contribution in [3.05, 3.63) is 34.6 Å². The van der Waals surface area contributed by atoms with E-state index in [1.165, 1.54) is 6.07 Å². The molecule has 0 saturated carbocycles. The van der Waals surface area contributed by atoms with Crippen molar-refractivity contribution in [1.82, 2.24) is 5.32 Å². The van der Waals surface area contributed by atoms with E-state index in [1.54, 1.807) is 6.07 Å². The van der Waals surface area contributed by atoms with Gasteiger partial charge in [0.05, 0.1) is 5.02 Å². The third-order valence-corrected chi connectivity index (χ3v) is 3.31. The molecule has 0 radical (unpaired) electrons. The van der Waals surface area contributed by atoms with E-state index >= 15 is 0 Å². The summed E-state index contributed by atoms with van der Waals surface area (Å²) in [5.41, 5.74) is 1.26. The summed E-state index contributed by atoms with van der Waals surface area (Å²) in [6, 6.07) is 5.45. The molecule has 1 unspecified atom stereocenters. The Morgan fingerprint density at radius 2 is 2.06 bits per heavy atom. The van der Waals surface area contributed by atoms with Gasteiger partial charge in [0.25, 0.3) is 0 Å². The van der Waals surface area contributed by atoms with E-state index in [4.69, 9.17) is 11.6 Å². The summed E-state index contributed by atoms with van der Waals surface area (Å²) in [7, 11) is 1.97. The minimum Gasteiger partial charge on any atom is -0.317 e. The Balaban J connectivity index is 2.72. The fraction of sp³-hybridized carbons (Fsp3) is 0.571. The quantitative estimate of drug-likeness (QED) is 0.839. The van der Waals surface area contributed by atoms with E-state index in [0.29, 0.717) is 6.04 Å². The van der Waals surface area contributed by atoms with E-state index in [-0.39, 0.29) is 16.3 Å². The molecule has 1 atom stereocenters. The largest absolute Gasteiger partial charge is 0.317 e. The number of benzene rings is 1. The first-order valence-electron chi connectivity index (χ1n) is 5.95. The summed E-state index contributed by atoms with van der Waals surface area (Å²) < 4.78 is 13.1. The zero-order valence-corrected chi connectivity index (χ0v) is 11.7. The van der Waals surface area contributed by atoms with Crippen molar-refractivity contribution in [3.8, 4) is 0 Å². The fourth-order valence-corrected chi connectivity index (χ4v) is 2.41. The van der Waals surface area contributed by atoms with Crippen molar-refractivity contribution in [2.45, 2.75) is 39.7 Å². The molecule has 0 amide bonds. The second-order valence-corrected chi connectivity index (χ2v) is 5.89. The molecule has 0 fully saturated rings. The minimum absolute atomic E-state index is 0.170. The molecule has 1 aromatic rings. The molecule has 0 spiro atoms. The van der Waals surface area contributed by atoms with Crippen LogP contribution in [0.25, 0.3) is 0 Å². The Hall–Kier alpha value is -0.600. The molecule has 1 nitrogen and oxygen atoms in total. The Kier molecular flexibility index (Phi) is 4.96. The molecule has 0 aromatic heterocycles. The third-order valence-electron chi connectivity index (χ3n) is 3.02. The van der Waals surface area contributed by atoms with Crippen molar-refractivity contribution in [1.29, 1.82) is 0 Å². The number of rotatable bonds is 5. The predicted octanol–water partition coefficient (Wildman–Crippen LogP) is 4.05. The lowest BCUT2D eigenvalue weighted by atomic mass is 9.80. The summed E-state index contributed by atoms with van der Waals surface area (Å²) in [5.74, 6) is -0.350. The summed E-state index contributed by atoms with van der Waals surface area (Å²) in [6.07, 6.45) is 1.97. The van der Waals surface area contributed by atoms with Gasteiger partial charge in [0.1, 0.15) is 5.82 Å². The smallest absolute Gasteiger partial charge is 0.141 e. The summed E-state index contributed by atoms with van der Waals surface area (Å²) in [6.45, 7) is 6.61. The zero-order valence-electron chi connectivity index (χ0n) is 11.0. The zero-order chi connectivity index (χ0) is 13.1. The minimum atomic E-state index is -0.350.